The van der Waals surface area contributed by atoms with Crippen molar-refractivity contribution < 1.29 is 0 Å². The van der Waals surface area contributed by atoms with Crippen LogP contribution in [-0.4, -0.2) is 12.2 Å². The Kier molecular flexibility index (Phi) is 3.45. The number of nitrogens with zero attached hydrogens (tertiary/aromatic N) is 1. The van der Waals surface area contributed by atoms with Crippen LogP contribution in [0.4, 0.5) is 5.69 Å². The van der Waals surface area contributed by atoms with Gasteiger partial charge in [0.25, 0.3) is 0 Å². The molecule has 1 aromatic carbocycles. The van der Waals surface area contributed by atoms with Gasteiger partial charge in [-0.05, 0) is 30.5 Å². The zero-order chi connectivity index (χ0) is 9.68. The lowest BCUT2D eigenvalue weighted by Crippen LogP contribution is -2.23. The lowest BCUT2D eigenvalue weighted by Gasteiger charge is -2.01. The molecule has 0 bridgehead atoms. The third-order valence-electron chi connectivity index (χ3n) is 1.40. The lowest BCUT2D eigenvalue weighted by atomic mass is 10.3. The van der Waals surface area contributed by atoms with Crippen LogP contribution >= 0.6 is 11.8 Å². The normalized spacial score (nSPS) is 9.31. The van der Waals surface area contributed by atoms with Gasteiger partial charge in [-0.25, -0.2) is 0 Å². The van der Waals surface area contributed by atoms with Crippen molar-refractivity contribution in [3.63, 3.8) is 0 Å². The van der Waals surface area contributed by atoms with Gasteiger partial charge in [0.2, 0.25) is 5.96 Å². The van der Waals surface area contributed by atoms with Gasteiger partial charge in [-0.1, -0.05) is 0 Å². The van der Waals surface area contributed by atoms with Crippen LogP contribution in [0.15, 0.2) is 34.3 Å². The molecule has 0 saturated carbocycles. The van der Waals surface area contributed by atoms with Gasteiger partial charge in [-0.15, -0.1) is 16.9 Å². The highest BCUT2D eigenvalue weighted by molar-refractivity contribution is 7.98. The van der Waals surface area contributed by atoms with Crippen LogP contribution in [0, 0.1) is 0 Å². The number of hydrogen-bond acceptors (Lipinski definition) is 3. The Balaban J connectivity index is 2.64. The minimum atomic E-state index is 0.0222. The second kappa shape index (κ2) is 4.61. The first-order valence-electron chi connectivity index (χ1n) is 3.71. The van der Waals surface area contributed by atoms with Crippen molar-refractivity contribution in [3.05, 3.63) is 24.3 Å². The van der Waals surface area contributed by atoms with Gasteiger partial charge in [0, 0.05) is 4.90 Å². The van der Waals surface area contributed by atoms with Crippen molar-refractivity contribution in [2.45, 2.75) is 4.90 Å². The van der Waals surface area contributed by atoms with Crippen LogP contribution in [0.2, 0.25) is 0 Å². The summed E-state index contributed by atoms with van der Waals surface area (Å²) in [5.74, 6) is 0.0222. The number of guanidine groups is 1. The quantitative estimate of drug-likeness (QED) is 0.292. The van der Waals surface area contributed by atoms with E-state index in [4.69, 9.17) is 11.5 Å². The Labute approximate surface area is 81.4 Å². The SMILES string of the molecule is CSc1ccc(NN=C(N)N)cc1. The van der Waals surface area contributed by atoms with E-state index in [-0.39, 0.29) is 5.96 Å². The minimum absolute atomic E-state index is 0.0222. The molecule has 1 rings (SSSR count). The molecule has 5 N–H and O–H groups in total. The van der Waals surface area contributed by atoms with Crippen molar-refractivity contribution >= 4 is 23.4 Å². The van der Waals surface area contributed by atoms with Gasteiger partial charge in [0.05, 0.1) is 5.69 Å². The molecule has 13 heavy (non-hydrogen) atoms. The summed E-state index contributed by atoms with van der Waals surface area (Å²) >= 11 is 1.69. The van der Waals surface area contributed by atoms with E-state index in [2.05, 4.69) is 10.5 Å². The number of thioether (sulfide) groups is 1. The summed E-state index contributed by atoms with van der Waals surface area (Å²) in [5.41, 5.74) is 13.9. The van der Waals surface area contributed by atoms with Gasteiger partial charge < -0.3 is 11.5 Å². The summed E-state index contributed by atoms with van der Waals surface area (Å²) in [6.07, 6.45) is 2.03. The van der Waals surface area contributed by atoms with Crippen LogP contribution in [0.5, 0.6) is 0 Å². The molecule has 4 nitrogen and oxygen atoms in total. The van der Waals surface area contributed by atoms with Crippen molar-refractivity contribution in [3.8, 4) is 0 Å². The van der Waals surface area contributed by atoms with E-state index in [1.807, 2.05) is 30.5 Å². The maximum absolute atomic E-state index is 5.16. The summed E-state index contributed by atoms with van der Waals surface area (Å²) in [7, 11) is 0. The van der Waals surface area contributed by atoms with Gasteiger partial charge >= 0.3 is 0 Å². The third-order valence-corrected chi connectivity index (χ3v) is 2.15. The van der Waals surface area contributed by atoms with Crippen LogP contribution in [0.3, 0.4) is 0 Å². The summed E-state index contributed by atoms with van der Waals surface area (Å²) in [6, 6.07) is 7.82. The first kappa shape index (κ1) is 9.73. The highest BCUT2D eigenvalue weighted by Gasteiger charge is 1.90. The molecule has 0 saturated heterocycles. The smallest absolute Gasteiger partial charge is 0.208 e. The zero-order valence-electron chi connectivity index (χ0n) is 7.32. The third kappa shape index (κ3) is 3.25. The maximum atomic E-state index is 5.16. The first-order chi connectivity index (χ1) is 6.22. The Hall–Kier alpha value is -1.36. The topological polar surface area (TPSA) is 76.4 Å². The lowest BCUT2D eigenvalue weighted by molar-refractivity contribution is 1.28. The predicted octanol–water partition coefficient (Wildman–Crippen LogP) is 1.01. The van der Waals surface area contributed by atoms with Gasteiger partial charge in [-0.3, -0.25) is 5.43 Å². The number of benzene rings is 1. The number of hydrazone groups is 1. The summed E-state index contributed by atoms with van der Waals surface area (Å²) in [4.78, 5) is 1.20. The first-order valence-corrected chi connectivity index (χ1v) is 4.93. The van der Waals surface area contributed by atoms with E-state index in [9.17, 15) is 0 Å². The molecule has 70 valence electrons. The fourth-order valence-electron chi connectivity index (χ4n) is 0.795. The minimum Gasteiger partial charge on any atom is -0.369 e. The Bertz CT molecular complexity index is 290. The molecule has 1 aromatic rings. The fourth-order valence-corrected chi connectivity index (χ4v) is 1.20. The van der Waals surface area contributed by atoms with Crippen LogP contribution in [-0.2, 0) is 0 Å². The van der Waals surface area contributed by atoms with E-state index in [1.165, 1.54) is 4.90 Å². The Morgan fingerprint density at radius 3 is 2.38 bits per heavy atom. The summed E-state index contributed by atoms with van der Waals surface area (Å²) in [6.45, 7) is 0. The molecule has 0 atom stereocenters. The maximum Gasteiger partial charge on any atom is 0.208 e. The van der Waals surface area contributed by atoms with Crippen LogP contribution in [0.1, 0.15) is 0 Å². The summed E-state index contributed by atoms with van der Waals surface area (Å²) < 4.78 is 0. The Morgan fingerprint density at radius 2 is 1.92 bits per heavy atom. The van der Waals surface area contributed by atoms with E-state index in [0.29, 0.717) is 0 Å². The monoisotopic (exact) mass is 196 g/mol. The number of nitrogens with two attached hydrogens (primary N) is 2. The highest BCUT2D eigenvalue weighted by atomic mass is 32.2. The Morgan fingerprint density at radius 1 is 1.31 bits per heavy atom. The summed E-state index contributed by atoms with van der Waals surface area (Å²) in [5, 5.41) is 3.67. The van der Waals surface area contributed by atoms with Gasteiger partial charge in [0.1, 0.15) is 0 Å². The average Bonchev–Trinajstić information content (AvgIpc) is 2.15. The van der Waals surface area contributed by atoms with E-state index in [0.717, 1.165) is 5.69 Å². The van der Waals surface area contributed by atoms with Crippen molar-refractivity contribution in [1.29, 1.82) is 0 Å². The second-order valence-electron chi connectivity index (χ2n) is 2.38. The van der Waals surface area contributed by atoms with E-state index < -0.39 is 0 Å². The number of hydrogen-bond donors (Lipinski definition) is 3. The number of anilines is 1. The molecule has 0 aliphatic carbocycles. The molecule has 5 heteroatoms. The van der Waals surface area contributed by atoms with Crippen LogP contribution < -0.4 is 16.9 Å². The molecule has 0 aliphatic rings. The standard InChI is InChI=1S/C8H12N4S/c1-13-7-4-2-6(3-5-7)11-12-8(9)10/h2-5,11H,1H3,(H4,9,10,12). The molecule has 0 amide bonds. The number of nitrogens with one attached hydrogen (secondary N) is 1. The molecule has 0 fully saturated rings. The average molecular weight is 196 g/mol. The van der Waals surface area contributed by atoms with E-state index >= 15 is 0 Å². The molecular formula is C8H12N4S. The zero-order valence-corrected chi connectivity index (χ0v) is 8.14. The van der Waals surface area contributed by atoms with Crippen molar-refractivity contribution in [2.75, 3.05) is 11.7 Å². The highest BCUT2D eigenvalue weighted by Crippen LogP contribution is 2.17. The van der Waals surface area contributed by atoms with Crippen molar-refractivity contribution in [2.24, 2.45) is 16.6 Å². The molecule has 0 heterocycles. The van der Waals surface area contributed by atoms with Crippen LogP contribution in [0.25, 0.3) is 0 Å². The second-order valence-corrected chi connectivity index (χ2v) is 3.26. The van der Waals surface area contributed by atoms with E-state index in [1.54, 1.807) is 11.8 Å². The van der Waals surface area contributed by atoms with Gasteiger partial charge in [-0.2, -0.15) is 0 Å². The number of rotatable bonds is 3. The molecule has 0 spiro atoms. The van der Waals surface area contributed by atoms with Crippen molar-refractivity contribution in [1.82, 2.24) is 0 Å². The largest absolute Gasteiger partial charge is 0.369 e. The molecular weight excluding hydrogens is 184 g/mol. The molecule has 0 aliphatic heterocycles. The molecule has 0 radical (unpaired) electrons. The molecule has 0 unspecified atom stereocenters. The molecule has 0 aromatic heterocycles. The predicted molar refractivity (Wildman–Crippen MR) is 57.7 cm³/mol. The fraction of sp³-hybridized carbons (Fsp3) is 0.125. The van der Waals surface area contributed by atoms with Gasteiger partial charge in [0.15, 0.2) is 0 Å².